The summed E-state index contributed by atoms with van der Waals surface area (Å²) >= 11 is 0. The van der Waals surface area contributed by atoms with Crippen LogP contribution in [0.15, 0.2) is 0 Å². The second-order valence-electron chi connectivity index (χ2n) is 3.60. The Balaban J connectivity index is 2.48. The monoisotopic (exact) mass is 194 g/mol. The number of amides is 1. The second-order valence-corrected chi connectivity index (χ2v) is 3.60. The second kappa shape index (κ2) is 5.66. The van der Waals surface area contributed by atoms with E-state index in [1.165, 1.54) is 0 Å². The standard InChI is InChI=1S/C11H18N2O/c1-3-8-13(4-2)11(14)10-6-5-7-12-9-10/h1,10,12H,4-9H2,2H3. The molecule has 0 bridgehead atoms. The zero-order chi connectivity index (χ0) is 10.4. The molecule has 1 rings (SSSR count). The minimum atomic E-state index is 0.136. The van der Waals surface area contributed by atoms with Gasteiger partial charge in [0, 0.05) is 13.1 Å². The van der Waals surface area contributed by atoms with Gasteiger partial charge in [-0.15, -0.1) is 6.42 Å². The van der Waals surface area contributed by atoms with Gasteiger partial charge in [0.05, 0.1) is 12.5 Å². The molecule has 1 aliphatic rings. The quantitative estimate of drug-likeness (QED) is 0.662. The van der Waals surface area contributed by atoms with E-state index in [4.69, 9.17) is 6.42 Å². The maximum Gasteiger partial charge on any atom is 0.227 e. The molecule has 1 N–H and O–H groups in total. The van der Waals surface area contributed by atoms with Crippen molar-refractivity contribution in [2.45, 2.75) is 19.8 Å². The molecule has 1 amide bonds. The fraction of sp³-hybridized carbons (Fsp3) is 0.727. The fourth-order valence-electron chi connectivity index (χ4n) is 1.78. The van der Waals surface area contributed by atoms with Crippen LogP contribution in [-0.4, -0.2) is 37.0 Å². The Bertz CT molecular complexity index is 226. The number of hydrogen-bond acceptors (Lipinski definition) is 2. The molecule has 0 spiro atoms. The highest BCUT2D eigenvalue weighted by Gasteiger charge is 2.24. The van der Waals surface area contributed by atoms with Gasteiger partial charge >= 0.3 is 0 Å². The van der Waals surface area contributed by atoms with E-state index in [1.54, 1.807) is 4.90 Å². The molecule has 14 heavy (non-hydrogen) atoms. The van der Waals surface area contributed by atoms with Gasteiger partial charge in [-0.1, -0.05) is 5.92 Å². The molecule has 0 aromatic heterocycles. The average molecular weight is 194 g/mol. The summed E-state index contributed by atoms with van der Waals surface area (Å²) in [6.45, 7) is 4.95. The van der Waals surface area contributed by atoms with Crippen LogP contribution >= 0.6 is 0 Å². The van der Waals surface area contributed by atoms with E-state index in [9.17, 15) is 4.79 Å². The minimum Gasteiger partial charge on any atom is -0.332 e. The summed E-state index contributed by atoms with van der Waals surface area (Å²) in [5.41, 5.74) is 0. The number of piperidine rings is 1. The first-order valence-electron chi connectivity index (χ1n) is 5.22. The third-order valence-electron chi connectivity index (χ3n) is 2.62. The lowest BCUT2D eigenvalue weighted by atomic mass is 9.98. The van der Waals surface area contributed by atoms with Crippen molar-refractivity contribution in [3.63, 3.8) is 0 Å². The van der Waals surface area contributed by atoms with E-state index in [0.29, 0.717) is 13.1 Å². The van der Waals surface area contributed by atoms with Crippen LogP contribution in [0, 0.1) is 18.3 Å². The number of carbonyl (C=O) groups is 1. The van der Waals surface area contributed by atoms with Crippen molar-refractivity contribution < 1.29 is 4.79 Å². The molecule has 0 aliphatic carbocycles. The molecule has 0 radical (unpaired) electrons. The van der Waals surface area contributed by atoms with Gasteiger partial charge in [-0.3, -0.25) is 4.79 Å². The Morgan fingerprint density at radius 1 is 1.71 bits per heavy atom. The summed E-state index contributed by atoms with van der Waals surface area (Å²) < 4.78 is 0. The maximum atomic E-state index is 11.9. The molecule has 1 fully saturated rings. The van der Waals surface area contributed by atoms with E-state index in [0.717, 1.165) is 25.9 Å². The zero-order valence-electron chi connectivity index (χ0n) is 8.75. The SMILES string of the molecule is C#CCN(CC)C(=O)C1CCCNC1. The molecule has 1 heterocycles. The Kier molecular flexibility index (Phi) is 4.48. The summed E-state index contributed by atoms with van der Waals surface area (Å²) in [6.07, 6.45) is 7.29. The summed E-state index contributed by atoms with van der Waals surface area (Å²) in [5, 5.41) is 3.24. The summed E-state index contributed by atoms with van der Waals surface area (Å²) in [5.74, 6) is 2.87. The predicted molar refractivity (Wildman–Crippen MR) is 56.7 cm³/mol. The topological polar surface area (TPSA) is 32.3 Å². The van der Waals surface area contributed by atoms with Gasteiger partial charge in [0.1, 0.15) is 0 Å². The van der Waals surface area contributed by atoms with Gasteiger partial charge in [-0.25, -0.2) is 0 Å². The minimum absolute atomic E-state index is 0.136. The van der Waals surface area contributed by atoms with Crippen LogP contribution in [0.3, 0.4) is 0 Å². The number of terminal acetylenes is 1. The molecule has 3 nitrogen and oxygen atoms in total. The van der Waals surface area contributed by atoms with Crippen LogP contribution in [-0.2, 0) is 4.79 Å². The molecule has 1 unspecified atom stereocenters. The average Bonchev–Trinajstić information content (AvgIpc) is 2.26. The summed E-state index contributed by atoms with van der Waals surface area (Å²) in [6, 6.07) is 0. The van der Waals surface area contributed by atoms with E-state index >= 15 is 0 Å². The summed E-state index contributed by atoms with van der Waals surface area (Å²) in [7, 11) is 0. The van der Waals surface area contributed by atoms with Crippen molar-refractivity contribution in [1.82, 2.24) is 10.2 Å². The Hall–Kier alpha value is -1.01. The lowest BCUT2D eigenvalue weighted by molar-refractivity contribution is -0.135. The van der Waals surface area contributed by atoms with Gasteiger partial charge in [-0.2, -0.15) is 0 Å². The van der Waals surface area contributed by atoms with Crippen molar-refractivity contribution in [2.24, 2.45) is 5.92 Å². The molecular weight excluding hydrogens is 176 g/mol. The van der Waals surface area contributed by atoms with Crippen LogP contribution in [0.2, 0.25) is 0 Å². The third-order valence-corrected chi connectivity index (χ3v) is 2.62. The summed E-state index contributed by atoms with van der Waals surface area (Å²) in [4.78, 5) is 13.7. The molecule has 0 saturated carbocycles. The highest BCUT2D eigenvalue weighted by molar-refractivity contribution is 5.79. The first-order chi connectivity index (χ1) is 6.79. The number of hydrogen-bond donors (Lipinski definition) is 1. The largest absolute Gasteiger partial charge is 0.332 e. The molecule has 0 aromatic carbocycles. The number of rotatable bonds is 3. The van der Waals surface area contributed by atoms with Crippen molar-refractivity contribution in [2.75, 3.05) is 26.2 Å². The van der Waals surface area contributed by atoms with Gasteiger partial charge in [0.2, 0.25) is 5.91 Å². The van der Waals surface area contributed by atoms with Crippen molar-refractivity contribution in [3.05, 3.63) is 0 Å². The van der Waals surface area contributed by atoms with Crippen molar-refractivity contribution in [1.29, 1.82) is 0 Å². The van der Waals surface area contributed by atoms with E-state index in [-0.39, 0.29) is 11.8 Å². The number of nitrogens with zero attached hydrogens (tertiary/aromatic N) is 1. The van der Waals surface area contributed by atoms with Gasteiger partial charge in [-0.05, 0) is 26.3 Å². The lowest BCUT2D eigenvalue weighted by Gasteiger charge is -2.27. The maximum absolute atomic E-state index is 11.9. The lowest BCUT2D eigenvalue weighted by Crippen LogP contribution is -2.43. The zero-order valence-corrected chi connectivity index (χ0v) is 8.75. The molecule has 78 valence electrons. The first-order valence-corrected chi connectivity index (χ1v) is 5.22. The van der Waals surface area contributed by atoms with Crippen LogP contribution in [0.4, 0.5) is 0 Å². The van der Waals surface area contributed by atoms with Crippen molar-refractivity contribution in [3.8, 4) is 12.3 Å². The van der Waals surface area contributed by atoms with Crippen LogP contribution in [0.5, 0.6) is 0 Å². The smallest absolute Gasteiger partial charge is 0.227 e. The van der Waals surface area contributed by atoms with Gasteiger partial charge in [0.25, 0.3) is 0 Å². The molecule has 1 saturated heterocycles. The normalized spacial score (nSPS) is 21.3. The van der Waals surface area contributed by atoms with E-state index < -0.39 is 0 Å². The van der Waals surface area contributed by atoms with Gasteiger partial charge < -0.3 is 10.2 Å². The van der Waals surface area contributed by atoms with Crippen LogP contribution in [0.1, 0.15) is 19.8 Å². The van der Waals surface area contributed by atoms with Gasteiger partial charge in [0.15, 0.2) is 0 Å². The number of nitrogens with one attached hydrogen (secondary N) is 1. The van der Waals surface area contributed by atoms with E-state index in [1.807, 2.05) is 6.92 Å². The molecule has 1 aliphatic heterocycles. The van der Waals surface area contributed by atoms with E-state index in [2.05, 4.69) is 11.2 Å². The number of carbonyl (C=O) groups excluding carboxylic acids is 1. The van der Waals surface area contributed by atoms with Crippen LogP contribution in [0.25, 0.3) is 0 Å². The molecule has 3 heteroatoms. The fourth-order valence-corrected chi connectivity index (χ4v) is 1.78. The van der Waals surface area contributed by atoms with Crippen LogP contribution < -0.4 is 5.32 Å². The first kappa shape index (κ1) is 11.1. The predicted octanol–water partition coefficient (Wildman–Crippen LogP) is 0.468. The highest BCUT2D eigenvalue weighted by atomic mass is 16.2. The Labute approximate surface area is 85.9 Å². The Morgan fingerprint density at radius 3 is 3.00 bits per heavy atom. The molecule has 1 atom stereocenters. The molecular formula is C11H18N2O. The highest BCUT2D eigenvalue weighted by Crippen LogP contribution is 2.12. The van der Waals surface area contributed by atoms with Crippen molar-refractivity contribution >= 4 is 5.91 Å². The third kappa shape index (κ3) is 2.74. The molecule has 0 aromatic rings. The Morgan fingerprint density at radius 2 is 2.50 bits per heavy atom.